The molecule has 0 aliphatic heterocycles. The Morgan fingerprint density at radius 1 is 1.44 bits per heavy atom. The van der Waals surface area contributed by atoms with E-state index in [4.69, 9.17) is 5.84 Å². The van der Waals surface area contributed by atoms with E-state index in [1.165, 1.54) is 0 Å². The summed E-state index contributed by atoms with van der Waals surface area (Å²) in [5, 5.41) is 3.17. The number of hydrazine groups is 1. The minimum absolute atomic E-state index is 0.173. The first-order chi connectivity index (χ1) is 8.67. The van der Waals surface area contributed by atoms with Gasteiger partial charge in [0.15, 0.2) is 0 Å². The van der Waals surface area contributed by atoms with E-state index in [1.807, 2.05) is 13.1 Å². The van der Waals surface area contributed by atoms with Crippen molar-refractivity contribution in [2.45, 2.75) is 25.8 Å². The second-order valence-electron chi connectivity index (χ2n) is 4.17. The van der Waals surface area contributed by atoms with Crippen LogP contribution in [0.25, 0.3) is 0 Å². The van der Waals surface area contributed by atoms with Gasteiger partial charge in [0.05, 0.1) is 5.01 Å². The van der Waals surface area contributed by atoms with Crippen molar-refractivity contribution in [3.8, 4) is 0 Å². The molecule has 0 aliphatic carbocycles. The molecule has 0 saturated carbocycles. The van der Waals surface area contributed by atoms with Crippen LogP contribution >= 0.6 is 27.3 Å². The summed E-state index contributed by atoms with van der Waals surface area (Å²) in [5.41, 5.74) is 5.07. The summed E-state index contributed by atoms with van der Waals surface area (Å²) in [6.07, 6.45) is 5.31. The van der Waals surface area contributed by atoms with Crippen molar-refractivity contribution in [3.63, 3.8) is 0 Å². The summed E-state index contributed by atoms with van der Waals surface area (Å²) in [4.78, 5) is 8.61. The third kappa shape index (κ3) is 3.84. The zero-order chi connectivity index (χ0) is 13.0. The first-order valence-corrected chi connectivity index (χ1v) is 7.31. The normalized spacial score (nSPS) is 12.6. The molecule has 1 unspecified atom stereocenters. The average Bonchev–Trinajstić information content (AvgIpc) is 2.74. The number of halogens is 1. The lowest BCUT2D eigenvalue weighted by molar-refractivity contribution is 0.520. The summed E-state index contributed by atoms with van der Waals surface area (Å²) in [7, 11) is 0. The van der Waals surface area contributed by atoms with Crippen molar-refractivity contribution < 1.29 is 0 Å². The van der Waals surface area contributed by atoms with Gasteiger partial charge in [-0.05, 0) is 40.9 Å². The Kier molecular flexibility index (Phi) is 4.82. The van der Waals surface area contributed by atoms with Gasteiger partial charge in [0.25, 0.3) is 0 Å². The van der Waals surface area contributed by atoms with Crippen molar-refractivity contribution >= 4 is 27.3 Å². The van der Waals surface area contributed by atoms with Crippen LogP contribution in [0.15, 0.2) is 28.3 Å². The zero-order valence-electron chi connectivity index (χ0n) is 10.1. The van der Waals surface area contributed by atoms with Gasteiger partial charge in [0, 0.05) is 40.4 Å². The second kappa shape index (κ2) is 6.38. The maximum atomic E-state index is 5.61. The van der Waals surface area contributed by atoms with Crippen molar-refractivity contribution in [2.24, 2.45) is 5.84 Å². The van der Waals surface area contributed by atoms with Crippen LogP contribution in [0.3, 0.4) is 0 Å². The van der Waals surface area contributed by atoms with Crippen molar-refractivity contribution in [3.05, 3.63) is 44.6 Å². The molecule has 0 bridgehead atoms. The molecular weight excluding hydrogens is 312 g/mol. The van der Waals surface area contributed by atoms with Gasteiger partial charge in [0.2, 0.25) is 0 Å². The largest absolute Gasteiger partial charge is 0.271 e. The van der Waals surface area contributed by atoms with E-state index in [0.717, 1.165) is 33.6 Å². The summed E-state index contributed by atoms with van der Waals surface area (Å²) in [6, 6.07) is 2.23. The van der Waals surface area contributed by atoms with Gasteiger partial charge in [-0.15, -0.1) is 11.3 Å². The molecule has 0 aromatic carbocycles. The third-order valence-electron chi connectivity index (χ3n) is 2.57. The van der Waals surface area contributed by atoms with Crippen molar-refractivity contribution in [1.29, 1.82) is 0 Å². The monoisotopic (exact) mass is 326 g/mol. The lowest BCUT2D eigenvalue weighted by atomic mass is 10.1. The van der Waals surface area contributed by atoms with E-state index in [0.29, 0.717) is 0 Å². The highest BCUT2D eigenvalue weighted by Gasteiger charge is 2.11. The van der Waals surface area contributed by atoms with Crippen molar-refractivity contribution in [2.75, 3.05) is 0 Å². The predicted octanol–water partition coefficient (Wildman–Crippen LogP) is 2.23. The summed E-state index contributed by atoms with van der Waals surface area (Å²) < 4.78 is 0.987. The molecule has 96 valence electrons. The van der Waals surface area contributed by atoms with Gasteiger partial charge in [-0.25, -0.2) is 4.98 Å². The molecule has 0 aliphatic rings. The molecule has 2 aromatic heterocycles. The molecule has 0 fully saturated rings. The fourth-order valence-corrected chi connectivity index (χ4v) is 3.01. The smallest absolute Gasteiger partial charge is 0.0944 e. The number of nitrogens with zero attached hydrogens (tertiary/aromatic N) is 2. The maximum absolute atomic E-state index is 5.61. The molecular formula is C12H15BrN4S. The first-order valence-electron chi connectivity index (χ1n) is 5.64. The van der Waals surface area contributed by atoms with Gasteiger partial charge in [-0.3, -0.25) is 16.3 Å². The van der Waals surface area contributed by atoms with E-state index in [9.17, 15) is 0 Å². The number of aromatic nitrogens is 2. The maximum Gasteiger partial charge on any atom is 0.0944 e. The number of hydrogen-bond donors (Lipinski definition) is 2. The Labute approximate surface area is 119 Å². The predicted molar refractivity (Wildman–Crippen MR) is 77.3 cm³/mol. The van der Waals surface area contributed by atoms with Gasteiger partial charge in [-0.2, -0.15) is 0 Å². The number of nitrogens with one attached hydrogen (secondary N) is 1. The highest BCUT2D eigenvalue weighted by Crippen LogP contribution is 2.15. The zero-order valence-corrected chi connectivity index (χ0v) is 12.5. The van der Waals surface area contributed by atoms with Crippen LogP contribution in [0.5, 0.6) is 0 Å². The molecule has 0 spiro atoms. The summed E-state index contributed by atoms with van der Waals surface area (Å²) in [5.74, 6) is 5.61. The van der Waals surface area contributed by atoms with Gasteiger partial charge >= 0.3 is 0 Å². The number of nitrogens with two attached hydrogens (primary N) is 1. The molecule has 18 heavy (non-hydrogen) atoms. The van der Waals surface area contributed by atoms with Crippen LogP contribution in [-0.4, -0.2) is 16.0 Å². The van der Waals surface area contributed by atoms with E-state index >= 15 is 0 Å². The molecule has 2 aromatic rings. The SMILES string of the molecule is Cc1csc(CC(Cc2cncc(Br)c2)NN)n1. The topological polar surface area (TPSA) is 63.8 Å². The quantitative estimate of drug-likeness (QED) is 0.653. The summed E-state index contributed by atoms with van der Waals surface area (Å²) >= 11 is 5.10. The average molecular weight is 327 g/mol. The lowest BCUT2D eigenvalue weighted by Gasteiger charge is -2.14. The Balaban J connectivity index is 2.01. The van der Waals surface area contributed by atoms with Crippen LogP contribution in [0.2, 0.25) is 0 Å². The molecule has 2 heterocycles. The minimum atomic E-state index is 0.173. The highest BCUT2D eigenvalue weighted by atomic mass is 79.9. The second-order valence-corrected chi connectivity index (χ2v) is 6.02. The van der Waals surface area contributed by atoms with E-state index in [1.54, 1.807) is 17.5 Å². The lowest BCUT2D eigenvalue weighted by Crippen LogP contribution is -2.38. The Morgan fingerprint density at radius 2 is 2.28 bits per heavy atom. The molecule has 1 atom stereocenters. The molecule has 0 amide bonds. The minimum Gasteiger partial charge on any atom is -0.271 e. The molecule has 2 rings (SSSR count). The molecule has 0 saturated heterocycles. The molecule has 0 radical (unpaired) electrons. The Bertz CT molecular complexity index is 514. The van der Waals surface area contributed by atoms with Crippen LogP contribution in [-0.2, 0) is 12.8 Å². The van der Waals surface area contributed by atoms with Gasteiger partial charge < -0.3 is 0 Å². The number of aryl methyl sites for hydroxylation is 1. The van der Waals surface area contributed by atoms with Crippen LogP contribution in [0, 0.1) is 6.92 Å². The van der Waals surface area contributed by atoms with Gasteiger partial charge in [0.1, 0.15) is 0 Å². The Morgan fingerprint density at radius 3 is 2.89 bits per heavy atom. The fourth-order valence-electron chi connectivity index (χ4n) is 1.75. The van der Waals surface area contributed by atoms with Gasteiger partial charge in [-0.1, -0.05) is 0 Å². The fraction of sp³-hybridized carbons (Fsp3) is 0.333. The highest BCUT2D eigenvalue weighted by molar-refractivity contribution is 9.10. The van der Waals surface area contributed by atoms with Crippen LogP contribution in [0.4, 0.5) is 0 Å². The standard InChI is InChI=1S/C12H15BrN4S/c1-8-7-18-12(16-8)4-11(17-14)3-9-2-10(13)6-15-5-9/h2,5-7,11,17H,3-4,14H2,1H3. The molecule has 4 nitrogen and oxygen atoms in total. The van der Waals surface area contributed by atoms with Crippen LogP contribution in [0.1, 0.15) is 16.3 Å². The third-order valence-corrected chi connectivity index (χ3v) is 3.99. The molecule has 3 N–H and O–H groups in total. The Hall–Kier alpha value is -0.820. The van der Waals surface area contributed by atoms with Crippen LogP contribution < -0.4 is 11.3 Å². The number of rotatable bonds is 5. The van der Waals surface area contributed by atoms with Crippen molar-refractivity contribution in [1.82, 2.24) is 15.4 Å². The van der Waals surface area contributed by atoms with E-state index in [-0.39, 0.29) is 6.04 Å². The molecule has 6 heteroatoms. The van der Waals surface area contributed by atoms with E-state index in [2.05, 4.69) is 42.8 Å². The first kappa shape index (κ1) is 13.6. The summed E-state index contributed by atoms with van der Waals surface area (Å²) in [6.45, 7) is 2.00. The number of hydrogen-bond acceptors (Lipinski definition) is 5. The number of thiazole rings is 1. The van der Waals surface area contributed by atoms with E-state index < -0.39 is 0 Å². The number of pyridine rings is 1.